The summed E-state index contributed by atoms with van der Waals surface area (Å²) in [6.45, 7) is 2.90. The Morgan fingerprint density at radius 2 is 2.25 bits per heavy atom. The molecule has 0 radical (unpaired) electrons. The average Bonchev–Trinajstić information content (AvgIpc) is 2.27. The summed E-state index contributed by atoms with van der Waals surface area (Å²) in [5.41, 5.74) is 0. The van der Waals surface area contributed by atoms with Crippen LogP contribution in [0.4, 0.5) is 0 Å². The molecule has 16 heavy (non-hydrogen) atoms. The van der Waals surface area contributed by atoms with E-state index >= 15 is 0 Å². The lowest BCUT2D eigenvalue weighted by molar-refractivity contribution is -0.149. The first-order chi connectivity index (χ1) is 7.46. The fraction of sp³-hybridized carbons (Fsp3) is 0.889. The van der Waals surface area contributed by atoms with Crippen molar-refractivity contribution in [2.75, 3.05) is 37.8 Å². The number of morpholine rings is 1. The van der Waals surface area contributed by atoms with Crippen molar-refractivity contribution in [3.8, 4) is 0 Å². The molecule has 1 aliphatic rings. The minimum Gasteiger partial charge on any atom is -0.480 e. The maximum Gasteiger partial charge on any atom is 0.323 e. The monoisotopic (exact) mass is 251 g/mol. The van der Waals surface area contributed by atoms with Gasteiger partial charge in [-0.05, 0) is 0 Å². The molecule has 1 N–H and O–H groups in total. The molecule has 0 amide bonds. The number of nitrogens with zero attached hydrogens (tertiary/aromatic N) is 1. The number of carboxylic acid groups (broad SMARTS) is 1. The van der Waals surface area contributed by atoms with E-state index in [1.807, 2.05) is 0 Å². The molecule has 1 heterocycles. The second-order valence-electron chi connectivity index (χ2n) is 3.70. The van der Waals surface area contributed by atoms with E-state index in [1.165, 1.54) is 0 Å². The highest BCUT2D eigenvalue weighted by Crippen LogP contribution is 2.07. The van der Waals surface area contributed by atoms with E-state index in [1.54, 1.807) is 11.8 Å². The Labute approximate surface area is 95.1 Å². The second kappa shape index (κ2) is 5.60. The number of carbonyl (C=O) groups is 1. The van der Waals surface area contributed by atoms with Crippen molar-refractivity contribution in [1.29, 1.82) is 0 Å². The summed E-state index contributed by atoms with van der Waals surface area (Å²) < 4.78 is 27.7. The zero-order chi connectivity index (χ0) is 12.2. The SMILES string of the molecule is CCS(=O)(=O)CCN1CCOCC1C(=O)O. The van der Waals surface area contributed by atoms with Crippen LogP contribution in [0.15, 0.2) is 0 Å². The highest BCUT2D eigenvalue weighted by atomic mass is 32.2. The fourth-order valence-electron chi connectivity index (χ4n) is 1.53. The van der Waals surface area contributed by atoms with Crippen LogP contribution in [0.3, 0.4) is 0 Å². The first kappa shape index (κ1) is 13.4. The van der Waals surface area contributed by atoms with Crippen LogP contribution in [-0.2, 0) is 19.4 Å². The molecule has 1 unspecified atom stereocenters. The molecule has 1 aliphatic heterocycles. The van der Waals surface area contributed by atoms with Crippen LogP contribution in [-0.4, -0.2) is 68.2 Å². The predicted octanol–water partition coefficient (Wildman–Crippen LogP) is -0.793. The summed E-state index contributed by atoms with van der Waals surface area (Å²) in [6.07, 6.45) is 0. The Morgan fingerprint density at radius 1 is 1.56 bits per heavy atom. The van der Waals surface area contributed by atoms with E-state index in [-0.39, 0.29) is 24.7 Å². The van der Waals surface area contributed by atoms with Gasteiger partial charge in [0.15, 0.2) is 9.84 Å². The van der Waals surface area contributed by atoms with Crippen molar-refractivity contribution in [1.82, 2.24) is 4.90 Å². The van der Waals surface area contributed by atoms with Crippen LogP contribution >= 0.6 is 0 Å². The molecule has 6 nitrogen and oxygen atoms in total. The Balaban J connectivity index is 2.54. The van der Waals surface area contributed by atoms with Gasteiger partial charge in [0.05, 0.1) is 19.0 Å². The van der Waals surface area contributed by atoms with E-state index in [0.717, 1.165) is 0 Å². The van der Waals surface area contributed by atoms with Gasteiger partial charge >= 0.3 is 5.97 Å². The van der Waals surface area contributed by atoms with Crippen molar-refractivity contribution in [3.63, 3.8) is 0 Å². The van der Waals surface area contributed by atoms with Gasteiger partial charge in [0.1, 0.15) is 6.04 Å². The van der Waals surface area contributed by atoms with Crippen LogP contribution in [0.1, 0.15) is 6.92 Å². The van der Waals surface area contributed by atoms with E-state index in [0.29, 0.717) is 13.2 Å². The van der Waals surface area contributed by atoms with Gasteiger partial charge in [0.25, 0.3) is 0 Å². The molecule has 0 aromatic rings. The van der Waals surface area contributed by atoms with E-state index in [4.69, 9.17) is 9.84 Å². The highest BCUT2D eigenvalue weighted by Gasteiger charge is 2.29. The zero-order valence-electron chi connectivity index (χ0n) is 9.26. The largest absolute Gasteiger partial charge is 0.480 e. The van der Waals surface area contributed by atoms with Crippen LogP contribution in [0.25, 0.3) is 0 Å². The number of hydrogen-bond donors (Lipinski definition) is 1. The summed E-state index contributed by atoms with van der Waals surface area (Å²) in [7, 11) is -3.04. The van der Waals surface area contributed by atoms with Crippen molar-refractivity contribution in [3.05, 3.63) is 0 Å². The molecular weight excluding hydrogens is 234 g/mol. The van der Waals surface area contributed by atoms with Crippen LogP contribution < -0.4 is 0 Å². The fourth-order valence-corrected chi connectivity index (χ4v) is 2.34. The van der Waals surface area contributed by atoms with Gasteiger partial charge < -0.3 is 9.84 Å². The number of aliphatic carboxylic acids is 1. The third kappa shape index (κ3) is 3.73. The molecular formula is C9H17NO5S. The molecule has 0 aromatic carbocycles. The molecule has 7 heteroatoms. The molecule has 1 rings (SSSR count). The lowest BCUT2D eigenvalue weighted by atomic mass is 10.2. The van der Waals surface area contributed by atoms with E-state index < -0.39 is 21.8 Å². The highest BCUT2D eigenvalue weighted by molar-refractivity contribution is 7.91. The predicted molar refractivity (Wildman–Crippen MR) is 58.1 cm³/mol. The van der Waals surface area contributed by atoms with Crippen molar-refractivity contribution in [2.45, 2.75) is 13.0 Å². The number of carboxylic acids is 1. The average molecular weight is 251 g/mol. The van der Waals surface area contributed by atoms with Gasteiger partial charge in [0.2, 0.25) is 0 Å². The Hall–Kier alpha value is -0.660. The third-order valence-electron chi connectivity index (χ3n) is 2.65. The van der Waals surface area contributed by atoms with Crippen LogP contribution in [0, 0.1) is 0 Å². The molecule has 0 bridgehead atoms. The van der Waals surface area contributed by atoms with Crippen molar-refractivity contribution in [2.24, 2.45) is 0 Å². The maximum atomic E-state index is 11.3. The molecule has 1 fully saturated rings. The van der Waals surface area contributed by atoms with Crippen LogP contribution in [0.5, 0.6) is 0 Å². The summed E-state index contributed by atoms with van der Waals surface area (Å²) in [6, 6.07) is -0.721. The van der Waals surface area contributed by atoms with Gasteiger partial charge in [-0.15, -0.1) is 0 Å². The zero-order valence-corrected chi connectivity index (χ0v) is 10.1. The molecule has 94 valence electrons. The normalized spacial score (nSPS) is 23.2. The summed E-state index contributed by atoms with van der Waals surface area (Å²) >= 11 is 0. The Bertz CT molecular complexity index is 340. The summed E-state index contributed by atoms with van der Waals surface area (Å²) in [5.74, 6) is -0.865. The number of hydrogen-bond acceptors (Lipinski definition) is 5. The number of ether oxygens (including phenoxy) is 1. The maximum absolute atomic E-state index is 11.3. The van der Waals surface area contributed by atoms with E-state index in [2.05, 4.69) is 0 Å². The van der Waals surface area contributed by atoms with Gasteiger partial charge in [0, 0.05) is 18.8 Å². The molecule has 0 saturated carbocycles. The lowest BCUT2D eigenvalue weighted by Gasteiger charge is -2.32. The van der Waals surface area contributed by atoms with Gasteiger partial charge in [-0.2, -0.15) is 0 Å². The summed E-state index contributed by atoms with van der Waals surface area (Å²) in [5, 5.41) is 8.92. The van der Waals surface area contributed by atoms with Crippen molar-refractivity contribution >= 4 is 15.8 Å². The van der Waals surface area contributed by atoms with Crippen LogP contribution in [0.2, 0.25) is 0 Å². The molecule has 0 aliphatic carbocycles. The first-order valence-corrected chi connectivity index (χ1v) is 7.03. The second-order valence-corrected chi connectivity index (χ2v) is 6.17. The minimum absolute atomic E-state index is 0.00722. The molecule has 1 atom stereocenters. The minimum atomic E-state index is -3.04. The van der Waals surface area contributed by atoms with E-state index in [9.17, 15) is 13.2 Å². The molecule has 0 aromatic heterocycles. The van der Waals surface area contributed by atoms with Gasteiger partial charge in [-0.3, -0.25) is 9.69 Å². The Kier molecular flexibility index (Phi) is 4.69. The van der Waals surface area contributed by atoms with Gasteiger partial charge in [-0.1, -0.05) is 6.92 Å². The lowest BCUT2D eigenvalue weighted by Crippen LogP contribution is -2.51. The topological polar surface area (TPSA) is 83.9 Å². The first-order valence-electron chi connectivity index (χ1n) is 5.21. The summed E-state index contributed by atoms with van der Waals surface area (Å²) in [4.78, 5) is 12.5. The third-order valence-corrected chi connectivity index (χ3v) is 4.34. The van der Waals surface area contributed by atoms with Gasteiger partial charge in [-0.25, -0.2) is 8.42 Å². The molecule has 1 saturated heterocycles. The van der Waals surface area contributed by atoms with Crippen molar-refractivity contribution < 1.29 is 23.1 Å². The quantitative estimate of drug-likeness (QED) is 0.689. The Morgan fingerprint density at radius 3 is 2.81 bits per heavy atom. The number of sulfone groups is 1. The standard InChI is InChI=1S/C9H17NO5S/c1-2-16(13,14)6-4-10-3-5-15-7-8(10)9(11)12/h8H,2-7H2,1H3,(H,11,12). The molecule has 0 spiro atoms. The smallest absolute Gasteiger partial charge is 0.323 e. The number of rotatable bonds is 5.